The van der Waals surface area contributed by atoms with Crippen molar-refractivity contribution in [2.75, 3.05) is 0 Å². The van der Waals surface area contributed by atoms with E-state index in [2.05, 4.69) is 4.98 Å². The number of hydrogen-bond acceptors (Lipinski definition) is 3. The SMILES string of the molecule is C[C@H](O)c1ccc(OCc2ncc(Cl)n2C)c(Cl)c1. The van der Waals surface area contributed by atoms with E-state index in [4.69, 9.17) is 27.9 Å². The molecular formula is C13H14Cl2N2O2. The van der Waals surface area contributed by atoms with Gasteiger partial charge in [-0.1, -0.05) is 29.3 Å². The van der Waals surface area contributed by atoms with E-state index in [0.717, 1.165) is 5.56 Å². The highest BCUT2D eigenvalue weighted by Crippen LogP contribution is 2.28. The van der Waals surface area contributed by atoms with Crippen LogP contribution in [0.15, 0.2) is 24.4 Å². The van der Waals surface area contributed by atoms with Crippen LogP contribution in [0.2, 0.25) is 10.2 Å². The van der Waals surface area contributed by atoms with Crippen molar-refractivity contribution in [1.29, 1.82) is 0 Å². The second-order valence-electron chi connectivity index (χ2n) is 4.21. The summed E-state index contributed by atoms with van der Waals surface area (Å²) in [5, 5.41) is 10.5. The summed E-state index contributed by atoms with van der Waals surface area (Å²) in [7, 11) is 1.81. The maximum atomic E-state index is 9.46. The van der Waals surface area contributed by atoms with Gasteiger partial charge in [-0.05, 0) is 24.6 Å². The standard InChI is InChI=1S/C13H14Cl2N2O2/c1-8(18)9-3-4-11(10(14)5-9)19-7-13-16-6-12(15)17(13)2/h3-6,8,18H,7H2,1-2H3/t8-/m0/s1. The number of hydrogen-bond donors (Lipinski definition) is 1. The average Bonchev–Trinajstić information content (AvgIpc) is 2.68. The van der Waals surface area contributed by atoms with E-state index in [1.54, 1.807) is 35.9 Å². The lowest BCUT2D eigenvalue weighted by molar-refractivity contribution is 0.199. The third kappa shape index (κ3) is 3.21. The Bertz CT molecular complexity index is 582. The van der Waals surface area contributed by atoms with Gasteiger partial charge in [-0.15, -0.1) is 0 Å². The summed E-state index contributed by atoms with van der Waals surface area (Å²) in [5.74, 6) is 1.26. The highest BCUT2D eigenvalue weighted by atomic mass is 35.5. The Morgan fingerprint density at radius 2 is 2.16 bits per heavy atom. The number of halogens is 2. The molecule has 0 radical (unpaired) electrons. The summed E-state index contributed by atoms with van der Waals surface area (Å²) in [6, 6.07) is 5.19. The van der Waals surface area contributed by atoms with Crippen molar-refractivity contribution in [2.45, 2.75) is 19.6 Å². The van der Waals surface area contributed by atoms with Crippen molar-refractivity contribution in [2.24, 2.45) is 7.05 Å². The minimum atomic E-state index is -0.556. The minimum Gasteiger partial charge on any atom is -0.484 e. The zero-order valence-corrected chi connectivity index (χ0v) is 12.1. The van der Waals surface area contributed by atoms with Crippen LogP contribution in [0.25, 0.3) is 0 Å². The third-order valence-electron chi connectivity index (χ3n) is 2.82. The topological polar surface area (TPSA) is 47.3 Å². The normalized spacial score (nSPS) is 12.5. The van der Waals surface area contributed by atoms with E-state index in [1.807, 2.05) is 7.05 Å². The molecule has 1 aromatic heterocycles. The first-order valence-electron chi connectivity index (χ1n) is 5.75. The highest BCUT2D eigenvalue weighted by Gasteiger charge is 2.09. The van der Waals surface area contributed by atoms with Crippen LogP contribution >= 0.6 is 23.2 Å². The number of aliphatic hydroxyl groups excluding tert-OH is 1. The molecule has 0 unspecified atom stereocenters. The number of ether oxygens (including phenoxy) is 1. The van der Waals surface area contributed by atoms with Crippen molar-refractivity contribution in [1.82, 2.24) is 9.55 Å². The first-order valence-corrected chi connectivity index (χ1v) is 6.51. The largest absolute Gasteiger partial charge is 0.484 e. The maximum Gasteiger partial charge on any atom is 0.147 e. The second kappa shape index (κ2) is 5.82. The molecule has 19 heavy (non-hydrogen) atoms. The van der Waals surface area contributed by atoms with Gasteiger partial charge in [0.2, 0.25) is 0 Å². The third-order valence-corrected chi connectivity index (χ3v) is 3.47. The molecule has 0 saturated carbocycles. The average molecular weight is 301 g/mol. The number of imidazole rings is 1. The van der Waals surface area contributed by atoms with Gasteiger partial charge in [-0.2, -0.15) is 0 Å². The monoisotopic (exact) mass is 300 g/mol. The molecule has 0 saturated heterocycles. The number of aliphatic hydroxyl groups is 1. The second-order valence-corrected chi connectivity index (χ2v) is 5.01. The van der Waals surface area contributed by atoms with Crippen LogP contribution in [-0.4, -0.2) is 14.7 Å². The van der Waals surface area contributed by atoms with Gasteiger partial charge in [0.05, 0.1) is 17.3 Å². The molecule has 6 heteroatoms. The lowest BCUT2D eigenvalue weighted by Crippen LogP contribution is -2.04. The molecule has 1 N–H and O–H groups in total. The molecule has 2 rings (SSSR count). The molecule has 0 bridgehead atoms. The van der Waals surface area contributed by atoms with Crippen LogP contribution in [0.4, 0.5) is 0 Å². The molecule has 2 aromatic rings. The number of rotatable bonds is 4. The highest BCUT2D eigenvalue weighted by molar-refractivity contribution is 6.32. The van der Waals surface area contributed by atoms with Crippen LogP contribution < -0.4 is 4.74 Å². The van der Waals surface area contributed by atoms with Gasteiger partial charge in [0.15, 0.2) is 0 Å². The van der Waals surface area contributed by atoms with Crippen molar-refractivity contribution in [3.63, 3.8) is 0 Å². The number of nitrogens with zero attached hydrogens (tertiary/aromatic N) is 2. The Hall–Kier alpha value is -1.23. The quantitative estimate of drug-likeness (QED) is 0.942. The summed E-state index contributed by atoms with van der Waals surface area (Å²) in [4.78, 5) is 4.13. The Labute approximate surface area is 121 Å². The fourth-order valence-electron chi connectivity index (χ4n) is 1.59. The molecule has 1 heterocycles. The van der Waals surface area contributed by atoms with Gasteiger partial charge >= 0.3 is 0 Å². The predicted molar refractivity (Wildman–Crippen MR) is 74.6 cm³/mol. The zero-order chi connectivity index (χ0) is 14.0. The van der Waals surface area contributed by atoms with E-state index >= 15 is 0 Å². The molecule has 0 spiro atoms. The van der Waals surface area contributed by atoms with Crippen LogP contribution in [0, 0.1) is 0 Å². The van der Waals surface area contributed by atoms with Crippen LogP contribution in [-0.2, 0) is 13.7 Å². The van der Waals surface area contributed by atoms with E-state index in [-0.39, 0.29) is 6.61 Å². The fraction of sp³-hybridized carbons (Fsp3) is 0.308. The summed E-state index contributed by atoms with van der Waals surface area (Å²) in [5.41, 5.74) is 0.748. The van der Waals surface area contributed by atoms with Gasteiger partial charge in [0.1, 0.15) is 23.3 Å². The number of benzene rings is 1. The first kappa shape index (κ1) is 14.2. The van der Waals surface area contributed by atoms with Crippen molar-refractivity contribution >= 4 is 23.2 Å². The van der Waals surface area contributed by atoms with Crippen molar-refractivity contribution < 1.29 is 9.84 Å². The molecule has 1 atom stereocenters. The van der Waals surface area contributed by atoms with E-state index in [0.29, 0.717) is 21.7 Å². The van der Waals surface area contributed by atoms with E-state index in [1.165, 1.54) is 0 Å². The molecule has 0 aliphatic carbocycles. The molecule has 1 aromatic carbocycles. The van der Waals surface area contributed by atoms with E-state index in [9.17, 15) is 5.11 Å². The van der Waals surface area contributed by atoms with Crippen molar-refractivity contribution in [3.05, 3.63) is 46.0 Å². The zero-order valence-electron chi connectivity index (χ0n) is 10.6. The van der Waals surface area contributed by atoms with Crippen LogP contribution in [0.5, 0.6) is 5.75 Å². The molecule has 0 fully saturated rings. The molecule has 102 valence electrons. The molecule has 0 aliphatic rings. The summed E-state index contributed by atoms with van der Waals surface area (Å²) >= 11 is 12.0. The van der Waals surface area contributed by atoms with Crippen LogP contribution in [0.3, 0.4) is 0 Å². The number of aromatic nitrogens is 2. The van der Waals surface area contributed by atoms with Crippen molar-refractivity contribution in [3.8, 4) is 5.75 Å². The Morgan fingerprint density at radius 1 is 1.42 bits per heavy atom. The summed E-state index contributed by atoms with van der Waals surface area (Å²) < 4.78 is 7.33. The van der Waals surface area contributed by atoms with Gasteiger partial charge in [-0.25, -0.2) is 4.98 Å². The Morgan fingerprint density at radius 3 is 2.68 bits per heavy atom. The smallest absolute Gasteiger partial charge is 0.147 e. The first-order chi connectivity index (χ1) is 8.99. The fourth-order valence-corrected chi connectivity index (χ4v) is 1.98. The minimum absolute atomic E-state index is 0.275. The lowest BCUT2D eigenvalue weighted by atomic mass is 10.1. The Balaban J connectivity index is 2.10. The maximum absolute atomic E-state index is 9.46. The summed E-state index contributed by atoms with van der Waals surface area (Å²) in [6.07, 6.45) is 1.01. The molecule has 0 amide bonds. The molecule has 4 nitrogen and oxygen atoms in total. The van der Waals surface area contributed by atoms with Crippen LogP contribution in [0.1, 0.15) is 24.4 Å². The van der Waals surface area contributed by atoms with Gasteiger partial charge in [0, 0.05) is 7.05 Å². The Kier molecular flexibility index (Phi) is 4.34. The molecule has 0 aliphatic heterocycles. The van der Waals surface area contributed by atoms with Gasteiger partial charge in [0.25, 0.3) is 0 Å². The predicted octanol–water partition coefficient (Wildman–Crippen LogP) is 3.36. The van der Waals surface area contributed by atoms with Gasteiger partial charge in [-0.3, -0.25) is 0 Å². The molecular weight excluding hydrogens is 287 g/mol. The van der Waals surface area contributed by atoms with E-state index < -0.39 is 6.10 Å². The van der Waals surface area contributed by atoms with Gasteiger partial charge < -0.3 is 14.4 Å². The lowest BCUT2D eigenvalue weighted by Gasteiger charge is -2.10. The summed E-state index contributed by atoms with van der Waals surface area (Å²) in [6.45, 7) is 1.96.